The second kappa shape index (κ2) is 5.32. The molecule has 0 bridgehead atoms. The second-order valence-corrected chi connectivity index (χ2v) is 6.09. The predicted molar refractivity (Wildman–Crippen MR) is 74.6 cm³/mol. The van der Waals surface area contributed by atoms with E-state index in [9.17, 15) is 14.4 Å². The molecule has 0 saturated carbocycles. The van der Waals surface area contributed by atoms with Crippen molar-refractivity contribution in [3.05, 3.63) is 53.4 Å². The monoisotopic (exact) mass is 318 g/mol. The lowest BCUT2D eigenvalue weighted by Crippen LogP contribution is -2.40. The molecule has 2 rings (SSSR count). The van der Waals surface area contributed by atoms with Crippen LogP contribution in [0.3, 0.4) is 0 Å². The van der Waals surface area contributed by atoms with E-state index >= 15 is 0 Å². The summed E-state index contributed by atoms with van der Waals surface area (Å²) in [5, 5.41) is 0. The molecular formula is C11H8Cl2N2O3S. The van der Waals surface area contributed by atoms with Crippen LogP contribution in [0, 0.1) is 0 Å². The van der Waals surface area contributed by atoms with Gasteiger partial charge in [-0.05, 0) is 6.07 Å². The first kappa shape index (κ1) is 14.0. The van der Waals surface area contributed by atoms with Gasteiger partial charge in [0.2, 0.25) is 0 Å². The molecule has 0 aliphatic rings. The number of carbonyl (C=O) groups is 1. The largest absolute Gasteiger partial charge is 0.316 e. The summed E-state index contributed by atoms with van der Waals surface area (Å²) in [7, 11) is 1.46. The number of hydrogen-bond acceptors (Lipinski definition) is 4. The molecular weight excluding hydrogens is 311 g/mol. The fourth-order valence-corrected chi connectivity index (χ4v) is 2.98. The Balaban J connectivity index is 2.35. The molecule has 2 aromatic rings. The molecule has 0 radical (unpaired) electrons. The van der Waals surface area contributed by atoms with Crippen LogP contribution in [0.25, 0.3) is 0 Å². The van der Waals surface area contributed by atoms with Crippen molar-refractivity contribution in [3.63, 3.8) is 0 Å². The Labute approximate surface area is 121 Å². The van der Waals surface area contributed by atoms with Gasteiger partial charge in [-0.15, -0.1) is 11.3 Å². The molecule has 19 heavy (non-hydrogen) atoms. The summed E-state index contributed by atoms with van der Waals surface area (Å²) in [4.78, 5) is 35.1. The van der Waals surface area contributed by atoms with Crippen molar-refractivity contribution in [1.29, 1.82) is 0 Å². The van der Waals surface area contributed by atoms with Gasteiger partial charge in [0.25, 0.3) is 0 Å². The van der Waals surface area contributed by atoms with Crippen molar-refractivity contribution >= 4 is 40.3 Å². The Hall–Kier alpha value is -1.37. The number of aromatic nitrogens is 2. The summed E-state index contributed by atoms with van der Waals surface area (Å²) in [6.07, 6.45) is 2.79. The number of nitrogens with zero attached hydrogens (tertiary/aromatic N) is 2. The Morgan fingerprint density at radius 2 is 1.95 bits per heavy atom. The first-order chi connectivity index (χ1) is 8.90. The second-order valence-electron chi connectivity index (χ2n) is 3.81. The number of hydrogen-bond donors (Lipinski definition) is 0. The van der Waals surface area contributed by atoms with Gasteiger partial charge in [-0.3, -0.25) is 14.4 Å². The average Bonchev–Trinajstić information content (AvgIpc) is 2.69. The van der Waals surface area contributed by atoms with E-state index < -0.39 is 11.1 Å². The first-order valence-corrected chi connectivity index (χ1v) is 6.71. The highest BCUT2D eigenvalue weighted by molar-refractivity contribution is 7.20. The van der Waals surface area contributed by atoms with Crippen LogP contribution >= 0.6 is 34.5 Å². The normalized spacial score (nSPS) is 10.7. The van der Waals surface area contributed by atoms with Gasteiger partial charge in [0, 0.05) is 19.4 Å². The summed E-state index contributed by atoms with van der Waals surface area (Å²) in [6, 6.07) is 1.45. The Bertz CT molecular complexity index is 760. The molecule has 0 aliphatic carbocycles. The maximum absolute atomic E-state index is 12.0. The molecule has 0 atom stereocenters. The lowest BCUT2D eigenvalue weighted by molar-refractivity contribution is 0.0971. The van der Waals surface area contributed by atoms with E-state index in [1.165, 1.54) is 25.5 Å². The van der Waals surface area contributed by atoms with Crippen LogP contribution in [0.15, 0.2) is 28.0 Å². The first-order valence-electron chi connectivity index (χ1n) is 5.14. The van der Waals surface area contributed by atoms with E-state index in [1.54, 1.807) is 0 Å². The van der Waals surface area contributed by atoms with Crippen molar-refractivity contribution in [2.24, 2.45) is 7.05 Å². The maximum Gasteiger partial charge on any atom is 0.316 e. The third-order valence-corrected chi connectivity index (χ3v) is 3.99. The third-order valence-electron chi connectivity index (χ3n) is 2.51. The summed E-state index contributed by atoms with van der Waals surface area (Å²) < 4.78 is 2.86. The quantitative estimate of drug-likeness (QED) is 0.640. The van der Waals surface area contributed by atoms with Gasteiger partial charge in [-0.2, -0.15) is 0 Å². The molecule has 0 spiro atoms. The maximum atomic E-state index is 12.0. The lowest BCUT2D eigenvalue weighted by Gasteiger charge is -2.04. The fourth-order valence-electron chi connectivity index (χ4n) is 1.48. The van der Waals surface area contributed by atoms with E-state index in [2.05, 4.69) is 0 Å². The molecule has 8 heteroatoms. The van der Waals surface area contributed by atoms with Crippen molar-refractivity contribution in [2.75, 3.05) is 0 Å². The number of Topliss-reactive ketones (excluding diaryl/α,β-unsaturated/α-hetero) is 1. The Morgan fingerprint density at radius 3 is 2.53 bits per heavy atom. The standard InChI is InChI=1S/C11H8Cl2N2O3S/c1-14-2-3-15(11(18)10(14)17)5-7(16)6-4-8(12)19-9(6)13/h2-4H,5H2,1H3. The molecule has 2 heterocycles. The lowest BCUT2D eigenvalue weighted by atomic mass is 10.2. The molecule has 0 fully saturated rings. The highest BCUT2D eigenvalue weighted by Crippen LogP contribution is 2.31. The molecule has 5 nitrogen and oxygen atoms in total. The van der Waals surface area contributed by atoms with E-state index in [4.69, 9.17) is 23.2 Å². The zero-order valence-electron chi connectivity index (χ0n) is 9.72. The van der Waals surface area contributed by atoms with E-state index in [1.807, 2.05) is 0 Å². The average molecular weight is 319 g/mol. The number of thiophene rings is 1. The van der Waals surface area contributed by atoms with Crippen molar-refractivity contribution in [3.8, 4) is 0 Å². The summed E-state index contributed by atoms with van der Waals surface area (Å²) in [5.41, 5.74) is -1.19. The van der Waals surface area contributed by atoms with Crippen LogP contribution in [0.1, 0.15) is 10.4 Å². The van der Waals surface area contributed by atoms with Gasteiger partial charge in [-0.1, -0.05) is 23.2 Å². The molecule has 0 saturated heterocycles. The van der Waals surface area contributed by atoms with Crippen LogP contribution in [-0.2, 0) is 13.6 Å². The number of rotatable bonds is 3. The van der Waals surface area contributed by atoms with Crippen molar-refractivity contribution < 1.29 is 4.79 Å². The molecule has 0 amide bonds. The van der Waals surface area contributed by atoms with Gasteiger partial charge in [-0.25, -0.2) is 0 Å². The molecule has 0 unspecified atom stereocenters. The zero-order chi connectivity index (χ0) is 14.2. The highest BCUT2D eigenvalue weighted by Gasteiger charge is 2.15. The van der Waals surface area contributed by atoms with E-state index in [0.717, 1.165) is 20.5 Å². The molecule has 100 valence electrons. The molecule has 0 aliphatic heterocycles. The van der Waals surface area contributed by atoms with Gasteiger partial charge >= 0.3 is 11.1 Å². The minimum Gasteiger partial charge on any atom is -0.312 e. The number of carbonyl (C=O) groups excluding carboxylic acids is 1. The van der Waals surface area contributed by atoms with Crippen LogP contribution < -0.4 is 11.1 Å². The van der Waals surface area contributed by atoms with Crippen molar-refractivity contribution in [2.45, 2.75) is 6.54 Å². The zero-order valence-corrected chi connectivity index (χ0v) is 12.1. The summed E-state index contributed by atoms with van der Waals surface area (Å²) >= 11 is 12.7. The van der Waals surface area contributed by atoms with Crippen LogP contribution in [0.5, 0.6) is 0 Å². The van der Waals surface area contributed by atoms with Gasteiger partial charge < -0.3 is 9.13 Å². The van der Waals surface area contributed by atoms with E-state index in [0.29, 0.717) is 4.34 Å². The smallest absolute Gasteiger partial charge is 0.312 e. The minimum absolute atomic E-state index is 0.248. The summed E-state index contributed by atoms with van der Waals surface area (Å²) in [6.45, 7) is -0.248. The number of halogens is 2. The molecule has 0 aromatic carbocycles. The van der Waals surface area contributed by atoms with Crippen LogP contribution in [-0.4, -0.2) is 14.9 Å². The number of ketones is 1. The van der Waals surface area contributed by atoms with Gasteiger partial charge in [0.05, 0.1) is 16.4 Å². The van der Waals surface area contributed by atoms with E-state index in [-0.39, 0.29) is 22.2 Å². The SMILES string of the molecule is Cn1ccn(CC(=O)c2cc(Cl)sc2Cl)c(=O)c1=O. The summed E-state index contributed by atoms with van der Waals surface area (Å²) in [5.74, 6) is -0.372. The van der Waals surface area contributed by atoms with Crippen LogP contribution in [0.4, 0.5) is 0 Å². The highest BCUT2D eigenvalue weighted by atomic mass is 35.5. The van der Waals surface area contributed by atoms with Crippen molar-refractivity contribution in [1.82, 2.24) is 9.13 Å². The van der Waals surface area contributed by atoms with Gasteiger partial charge in [0.15, 0.2) is 5.78 Å². The number of aryl methyl sites for hydroxylation is 1. The fraction of sp³-hybridized carbons (Fsp3) is 0.182. The Kier molecular flexibility index (Phi) is 3.93. The predicted octanol–water partition coefficient (Wildman–Crippen LogP) is 1.80. The van der Waals surface area contributed by atoms with Gasteiger partial charge in [0.1, 0.15) is 4.34 Å². The third kappa shape index (κ3) is 2.80. The molecule has 0 N–H and O–H groups in total. The molecule has 2 aromatic heterocycles. The van der Waals surface area contributed by atoms with Crippen LogP contribution in [0.2, 0.25) is 8.67 Å². The Morgan fingerprint density at radius 1 is 1.26 bits per heavy atom. The topological polar surface area (TPSA) is 61.1 Å². The minimum atomic E-state index is -0.754.